The van der Waals surface area contributed by atoms with Crippen molar-refractivity contribution < 1.29 is 23.1 Å². The van der Waals surface area contributed by atoms with Gasteiger partial charge in [0.15, 0.2) is 22.4 Å². The molecule has 1 aliphatic carbocycles. The topological polar surface area (TPSA) is 57.3 Å². The zero-order chi connectivity index (χ0) is 24.8. The second-order valence-corrected chi connectivity index (χ2v) is 23.4. The molecule has 7 heteroatoms. The largest absolute Gasteiger partial charge is 0.416 e. The SMILES string of the molecule is C[C@@H]1C[C@H]2OC(C)(C)[C@H](O[Si](C)(C)C)C(=O)[C@@]2(CO[Si](C)(C)C(C)(C)C)[C@@]2(CO2)C1(C)C. The predicted octanol–water partition coefficient (Wildman–Crippen LogP) is 5.80. The van der Waals surface area contributed by atoms with Crippen LogP contribution < -0.4 is 0 Å². The fourth-order valence-corrected chi connectivity index (χ4v) is 7.70. The molecule has 0 bridgehead atoms. The standard InChI is InChI=1S/C25H48O5Si2/c1-17-14-18-24(25(16-27-25)22(17,5)6,15-28-32(12,13)21(2,3)4)19(26)20(23(7,8)29-18)30-31(9,10)11/h17-18,20H,14-16H2,1-13H3/t17-,18-,20-,24+,25-/m1/s1. The zero-order valence-electron chi connectivity index (χ0n) is 22.9. The van der Waals surface area contributed by atoms with Gasteiger partial charge in [0, 0.05) is 0 Å². The van der Waals surface area contributed by atoms with Crippen LogP contribution in [0.5, 0.6) is 0 Å². The van der Waals surface area contributed by atoms with Crippen LogP contribution in [0.15, 0.2) is 0 Å². The Labute approximate surface area is 198 Å². The molecule has 0 unspecified atom stereocenters. The first-order valence-corrected chi connectivity index (χ1v) is 18.6. The number of rotatable bonds is 5. The molecule has 186 valence electrons. The third-order valence-corrected chi connectivity index (χ3v) is 14.7. The number of epoxide rings is 1. The Morgan fingerprint density at radius 1 is 1.06 bits per heavy atom. The van der Waals surface area contributed by atoms with E-state index in [-0.39, 0.29) is 22.3 Å². The Morgan fingerprint density at radius 2 is 1.59 bits per heavy atom. The first-order chi connectivity index (χ1) is 14.1. The first-order valence-electron chi connectivity index (χ1n) is 12.3. The number of carbonyl (C=O) groups excluding carboxylic acids is 1. The van der Waals surface area contributed by atoms with E-state index in [1.807, 2.05) is 13.8 Å². The van der Waals surface area contributed by atoms with E-state index in [0.29, 0.717) is 19.1 Å². The smallest absolute Gasteiger partial charge is 0.192 e. The maximum absolute atomic E-state index is 14.7. The normalized spacial score (nSPS) is 39.2. The summed E-state index contributed by atoms with van der Waals surface area (Å²) in [6, 6.07) is 0. The van der Waals surface area contributed by atoms with Crippen LogP contribution in [0.4, 0.5) is 0 Å². The van der Waals surface area contributed by atoms with Gasteiger partial charge in [-0.2, -0.15) is 0 Å². The van der Waals surface area contributed by atoms with E-state index in [9.17, 15) is 4.79 Å². The summed E-state index contributed by atoms with van der Waals surface area (Å²) in [5, 5.41) is 0.0558. The van der Waals surface area contributed by atoms with E-state index >= 15 is 0 Å². The van der Waals surface area contributed by atoms with Gasteiger partial charge in [-0.25, -0.2) is 0 Å². The van der Waals surface area contributed by atoms with Crippen molar-refractivity contribution in [2.45, 2.75) is 123 Å². The monoisotopic (exact) mass is 484 g/mol. The van der Waals surface area contributed by atoms with Gasteiger partial charge in [0.05, 0.1) is 24.9 Å². The number of ketones is 1. The number of carbonyl (C=O) groups is 1. The molecular formula is C25H48O5Si2. The Balaban J connectivity index is 2.14. The van der Waals surface area contributed by atoms with E-state index in [1.54, 1.807) is 0 Å². The minimum absolute atomic E-state index is 0.0558. The molecule has 1 saturated carbocycles. The van der Waals surface area contributed by atoms with Gasteiger partial charge in [0.2, 0.25) is 0 Å². The number of hydrogen-bond donors (Lipinski definition) is 0. The fourth-order valence-electron chi connectivity index (χ4n) is 5.58. The molecule has 0 N–H and O–H groups in total. The molecule has 0 aromatic carbocycles. The fraction of sp³-hybridized carbons (Fsp3) is 0.960. The highest BCUT2D eigenvalue weighted by atomic mass is 28.4. The maximum Gasteiger partial charge on any atom is 0.192 e. The van der Waals surface area contributed by atoms with Crippen molar-refractivity contribution in [3.63, 3.8) is 0 Å². The molecule has 2 aliphatic heterocycles. The van der Waals surface area contributed by atoms with Crippen LogP contribution >= 0.6 is 0 Å². The maximum atomic E-state index is 14.7. The van der Waals surface area contributed by atoms with Gasteiger partial charge in [0.25, 0.3) is 0 Å². The lowest BCUT2D eigenvalue weighted by atomic mass is 9.48. The molecule has 3 rings (SSSR count). The average molecular weight is 485 g/mol. The van der Waals surface area contributed by atoms with Crippen molar-refractivity contribution in [1.29, 1.82) is 0 Å². The van der Waals surface area contributed by atoms with Crippen LogP contribution in [0, 0.1) is 16.7 Å². The molecule has 5 nitrogen and oxygen atoms in total. The number of Topliss-reactive ketones (excluding diaryl/α,β-unsaturated/α-hetero) is 1. The van der Waals surface area contributed by atoms with Gasteiger partial charge in [-0.1, -0.05) is 41.5 Å². The lowest BCUT2D eigenvalue weighted by molar-refractivity contribution is -0.258. The minimum Gasteiger partial charge on any atom is -0.416 e. The van der Waals surface area contributed by atoms with Crippen LogP contribution in [0.3, 0.4) is 0 Å². The molecule has 1 spiro atoms. The van der Waals surface area contributed by atoms with Crippen LogP contribution in [0.1, 0.15) is 61.8 Å². The summed E-state index contributed by atoms with van der Waals surface area (Å²) < 4.78 is 26.6. The van der Waals surface area contributed by atoms with E-state index in [4.69, 9.17) is 18.3 Å². The lowest BCUT2D eigenvalue weighted by Crippen LogP contribution is -2.76. The number of fused-ring (bicyclic) bond motifs is 2. The van der Waals surface area contributed by atoms with Gasteiger partial charge in [-0.15, -0.1) is 0 Å². The van der Waals surface area contributed by atoms with Crippen LogP contribution in [0.2, 0.25) is 37.8 Å². The number of hydrogen-bond acceptors (Lipinski definition) is 5. The van der Waals surface area contributed by atoms with Crippen molar-refractivity contribution in [2.75, 3.05) is 13.2 Å². The van der Waals surface area contributed by atoms with E-state index in [0.717, 1.165) is 6.42 Å². The summed E-state index contributed by atoms with van der Waals surface area (Å²) in [7, 11) is -4.10. The van der Waals surface area contributed by atoms with Crippen LogP contribution in [-0.4, -0.2) is 59.0 Å². The van der Waals surface area contributed by atoms with Gasteiger partial charge in [-0.3, -0.25) is 4.79 Å². The number of ether oxygens (including phenoxy) is 2. The lowest BCUT2D eigenvalue weighted by Gasteiger charge is -2.62. The summed E-state index contributed by atoms with van der Waals surface area (Å²) in [6.45, 7) is 29.4. The summed E-state index contributed by atoms with van der Waals surface area (Å²) >= 11 is 0. The van der Waals surface area contributed by atoms with Crippen LogP contribution in [-0.2, 0) is 23.1 Å². The zero-order valence-corrected chi connectivity index (χ0v) is 24.9. The van der Waals surface area contributed by atoms with Crippen molar-refractivity contribution in [3.05, 3.63) is 0 Å². The van der Waals surface area contributed by atoms with Crippen LogP contribution in [0.25, 0.3) is 0 Å². The molecule has 0 radical (unpaired) electrons. The molecule has 2 heterocycles. The second kappa shape index (κ2) is 7.47. The minimum atomic E-state index is -2.10. The summed E-state index contributed by atoms with van der Waals surface area (Å²) in [5.74, 6) is 0.506. The Bertz CT molecular complexity index is 757. The highest BCUT2D eigenvalue weighted by Crippen LogP contribution is 2.68. The Morgan fingerprint density at radius 3 is 2.03 bits per heavy atom. The van der Waals surface area contributed by atoms with Gasteiger partial charge in [-0.05, 0) is 69.4 Å². The predicted molar refractivity (Wildman–Crippen MR) is 134 cm³/mol. The molecule has 0 aromatic heterocycles. The third-order valence-electron chi connectivity index (χ3n) is 9.24. The highest BCUT2D eigenvalue weighted by molar-refractivity contribution is 6.74. The van der Waals surface area contributed by atoms with Gasteiger partial charge in [0.1, 0.15) is 17.1 Å². The second-order valence-electron chi connectivity index (χ2n) is 14.2. The molecule has 3 aliphatic rings. The van der Waals surface area contributed by atoms with Crippen molar-refractivity contribution in [2.24, 2.45) is 16.7 Å². The van der Waals surface area contributed by atoms with Crippen molar-refractivity contribution >= 4 is 22.4 Å². The summed E-state index contributed by atoms with van der Waals surface area (Å²) in [4.78, 5) is 14.7. The molecule has 5 atom stereocenters. The highest BCUT2D eigenvalue weighted by Gasteiger charge is 2.80. The van der Waals surface area contributed by atoms with Gasteiger partial charge >= 0.3 is 0 Å². The van der Waals surface area contributed by atoms with Crippen molar-refractivity contribution in [3.8, 4) is 0 Å². The quantitative estimate of drug-likeness (QED) is 0.365. The van der Waals surface area contributed by atoms with E-state index in [2.05, 4.69) is 74.3 Å². The molecule has 32 heavy (non-hydrogen) atoms. The Kier molecular flexibility index (Phi) is 6.20. The molecule has 3 fully saturated rings. The average Bonchev–Trinajstić information content (AvgIpc) is 3.38. The van der Waals surface area contributed by atoms with E-state index < -0.39 is 39.4 Å². The molecular weight excluding hydrogens is 436 g/mol. The van der Waals surface area contributed by atoms with Crippen molar-refractivity contribution in [1.82, 2.24) is 0 Å². The Hall–Kier alpha value is -0.0562. The third kappa shape index (κ3) is 3.83. The van der Waals surface area contributed by atoms with Gasteiger partial charge < -0.3 is 18.3 Å². The summed E-state index contributed by atoms with van der Waals surface area (Å²) in [6.07, 6.45) is -0.0196. The summed E-state index contributed by atoms with van der Waals surface area (Å²) in [5.41, 5.74) is -2.26. The molecule has 2 saturated heterocycles. The molecule has 0 amide bonds. The van der Waals surface area contributed by atoms with E-state index in [1.165, 1.54) is 0 Å². The molecule has 0 aromatic rings. The first kappa shape index (κ1) is 26.5.